The van der Waals surface area contributed by atoms with Crippen LogP contribution in [0.15, 0.2) is 18.2 Å². The smallest absolute Gasteiger partial charge is 0.254 e. The van der Waals surface area contributed by atoms with Gasteiger partial charge in [0.25, 0.3) is 5.91 Å². The number of hydrogen-bond donors (Lipinski definition) is 1. The molecule has 0 spiro atoms. The Morgan fingerprint density at radius 3 is 2.29 bits per heavy atom. The summed E-state index contributed by atoms with van der Waals surface area (Å²) in [5, 5.41) is 3.36. The lowest BCUT2D eigenvalue weighted by molar-refractivity contribution is -0.133. The van der Waals surface area contributed by atoms with Gasteiger partial charge in [0.2, 0.25) is 5.91 Å². The van der Waals surface area contributed by atoms with E-state index in [1.54, 1.807) is 37.3 Å². The maximum atomic E-state index is 12.8. The van der Waals surface area contributed by atoms with Crippen LogP contribution in [0.1, 0.15) is 36.0 Å². The van der Waals surface area contributed by atoms with E-state index in [1.807, 2.05) is 4.90 Å². The van der Waals surface area contributed by atoms with Crippen molar-refractivity contribution in [2.75, 3.05) is 53.5 Å². The Morgan fingerprint density at radius 1 is 1.00 bits per heavy atom. The molecule has 0 radical (unpaired) electrons. The van der Waals surface area contributed by atoms with Gasteiger partial charge in [-0.05, 0) is 56.5 Å². The van der Waals surface area contributed by atoms with E-state index in [9.17, 15) is 9.59 Å². The number of nitrogens with one attached hydrogen (secondary N) is 1. The van der Waals surface area contributed by atoms with Crippen molar-refractivity contribution in [1.82, 2.24) is 15.1 Å². The van der Waals surface area contributed by atoms with Crippen molar-refractivity contribution in [2.24, 2.45) is 5.92 Å². The maximum absolute atomic E-state index is 12.8. The zero-order valence-electron chi connectivity index (χ0n) is 16.9. The van der Waals surface area contributed by atoms with Crippen molar-refractivity contribution in [2.45, 2.75) is 25.7 Å². The highest BCUT2D eigenvalue weighted by Crippen LogP contribution is 2.28. The zero-order valence-corrected chi connectivity index (χ0v) is 16.9. The van der Waals surface area contributed by atoms with Gasteiger partial charge in [-0.25, -0.2) is 0 Å². The highest BCUT2D eigenvalue weighted by atomic mass is 16.5. The van der Waals surface area contributed by atoms with Crippen molar-refractivity contribution in [3.05, 3.63) is 23.8 Å². The molecule has 3 rings (SSSR count). The number of carbonyl (C=O) groups is 2. The van der Waals surface area contributed by atoms with Crippen LogP contribution in [0.25, 0.3) is 0 Å². The zero-order chi connectivity index (χ0) is 19.9. The van der Waals surface area contributed by atoms with Crippen LogP contribution in [-0.4, -0.2) is 75.1 Å². The summed E-state index contributed by atoms with van der Waals surface area (Å²) < 4.78 is 10.5. The van der Waals surface area contributed by atoms with Gasteiger partial charge in [0.1, 0.15) is 0 Å². The van der Waals surface area contributed by atoms with Crippen LogP contribution in [0.4, 0.5) is 0 Å². The molecule has 7 heteroatoms. The number of rotatable bonds is 6. The average molecular weight is 389 g/mol. The van der Waals surface area contributed by atoms with Gasteiger partial charge in [-0.1, -0.05) is 0 Å². The summed E-state index contributed by atoms with van der Waals surface area (Å²) in [6.45, 7) is 4.46. The van der Waals surface area contributed by atoms with Gasteiger partial charge in [-0.15, -0.1) is 0 Å². The van der Waals surface area contributed by atoms with E-state index in [-0.39, 0.29) is 11.8 Å². The van der Waals surface area contributed by atoms with Crippen LogP contribution in [0, 0.1) is 5.92 Å². The lowest BCUT2D eigenvalue weighted by Crippen LogP contribution is -2.50. The number of piperazine rings is 1. The molecule has 0 unspecified atom stereocenters. The Labute approximate surface area is 167 Å². The molecule has 0 atom stereocenters. The number of benzene rings is 1. The fourth-order valence-electron chi connectivity index (χ4n) is 3.97. The quantitative estimate of drug-likeness (QED) is 0.803. The molecule has 7 nitrogen and oxygen atoms in total. The van der Waals surface area contributed by atoms with Crippen molar-refractivity contribution in [3.63, 3.8) is 0 Å². The van der Waals surface area contributed by atoms with Crippen molar-refractivity contribution in [3.8, 4) is 11.5 Å². The average Bonchev–Trinajstić information content (AvgIpc) is 2.77. The highest BCUT2D eigenvalue weighted by Gasteiger charge is 2.26. The van der Waals surface area contributed by atoms with Crippen molar-refractivity contribution < 1.29 is 19.1 Å². The molecule has 1 N–H and O–H groups in total. The first kappa shape index (κ1) is 20.5. The van der Waals surface area contributed by atoms with Crippen LogP contribution < -0.4 is 14.8 Å². The third-order valence-corrected chi connectivity index (χ3v) is 5.78. The van der Waals surface area contributed by atoms with E-state index < -0.39 is 0 Å². The molecule has 1 aromatic rings. The first-order valence-electron chi connectivity index (χ1n) is 10.1. The first-order valence-corrected chi connectivity index (χ1v) is 10.1. The SMILES string of the molecule is COc1ccc(C(=O)N2CCN(C(=O)CCC3CCNCC3)CC2)cc1OC. The first-order chi connectivity index (χ1) is 13.6. The summed E-state index contributed by atoms with van der Waals surface area (Å²) in [5.74, 6) is 1.99. The Kier molecular flexibility index (Phi) is 7.14. The second-order valence-electron chi connectivity index (χ2n) is 7.47. The van der Waals surface area contributed by atoms with E-state index in [0.29, 0.717) is 55.6 Å². The Bertz CT molecular complexity index is 680. The predicted octanol–water partition coefficient (Wildman–Crippen LogP) is 1.77. The lowest BCUT2D eigenvalue weighted by atomic mass is 9.93. The monoisotopic (exact) mass is 389 g/mol. The van der Waals surface area contributed by atoms with Crippen LogP contribution in [0.5, 0.6) is 11.5 Å². The molecule has 2 heterocycles. The number of amides is 2. The molecule has 0 saturated carbocycles. The van der Waals surface area contributed by atoms with Crippen molar-refractivity contribution >= 4 is 11.8 Å². The molecule has 0 bridgehead atoms. The van der Waals surface area contributed by atoms with E-state index in [0.717, 1.165) is 19.5 Å². The highest BCUT2D eigenvalue weighted by molar-refractivity contribution is 5.95. The van der Waals surface area contributed by atoms with Gasteiger partial charge < -0.3 is 24.6 Å². The number of ether oxygens (including phenoxy) is 2. The standard InChI is InChI=1S/C21H31N3O4/c1-27-18-5-4-17(15-19(18)28-2)21(26)24-13-11-23(12-14-24)20(25)6-3-16-7-9-22-10-8-16/h4-5,15-16,22H,3,6-14H2,1-2H3. The lowest BCUT2D eigenvalue weighted by Gasteiger charge is -2.35. The minimum Gasteiger partial charge on any atom is -0.493 e. The number of carbonyl (C=O) groups excluding carboxylic acids is 2. The minimum absolute atomic E-state index is 0.0391. The molecule has 2 fully saturated rings. The van der Waals surface area contributed by atoms with Crippen LogP contribution in [-0.2, 0) is 4.79 Å². The van der Waals surface area contributed by atoms with Gasteiger partial charge in [0.05, 0.1) is 14.2 Å². The number of hydrogen-bond acceptors (Lipinski definition) is 5. The van der Waals surface area contributed by atoms with Crippen molar-refractivity contribution in [1.29, 1.82) is 0 Å². The van der Waals surface area contributed by atoms with Crippen LogP contribution >= 0.6 is 0 Å². The molecule has 0 aliphatic carbocycles. The molecule has 0 aromatic heterocycles. The molecule has 2 saturated heterocycles. The molecule has 1 aromatic carbocycles. The Hall–Kier alpha value is -2.28. The number of nitrogens with zero attached hydrogens (tertiary/aromatic N) is 2. The second-order valence-corrected chi connectivity index (χ2v) is 7.47. The summed E-state index contributed by atoms with van der Waals surface area (Å²) >= 11 is 0. The fraction of sp³-hybridized carbons (Fsp3) is 0.619. The van der Waals surface area contributed by atoms with Crippen LogP contribution in [0.3, 0.4) is 0 Å². The van der Waals surface area contributed by atoms with E-state index >= 15 is 0 Å². The number of methoxy groups -OCH3 is 2. The normalized spacial score (nSPS) is 18.1. The summed E-state index contributed by atoms with van der Waals surface area (Å²) in [7, 11) is 3.13. The predicted molar refractivity (Wildman–Crippen MR) is 107 cm³/mol. The topological polar surface area (TPSA) is 71.1 Å². The third kappa shape index (κ3) is 4.95. The molecule has 154 valence electrons. The van der Waals surface area contributed by atoms with Crippen LogP contribution in [0.2, 0.25) is 0 Å². The van der Waals surface area contributed by atoms with E-state index in [2.05, 4.69) is 5.32 Å². The summed E-state index contributed by atoms with van der Waals surface area (Å²) in [5.41, 5.74) is 0.573. The molecule has 28 heavy (non-hydrogen) atoms. The third-order valence-electron chi connectivity index (χ3n) is 5.78. The summed E-state index contributed by atoms with van der Waals surface area (Å²) in [4.78, 5) is 29.0. The summed E-state index contributed by atoms with van der Waals surface area (Å²) in [6.07, 6.45) is 3.93. The molecule has 2 aliphatic heterocycles. The van der Waals surface area contributed by atoms with Gasteiger partial charge >= 0.3 is 0 Å². The summed E-state index contributed by atoms with van der Waals surface area (Å²) in [6, 6.07) is 5.20. The molecular weight excluding hydrogens is 358 g/mol. The molecule has 2 amide bonds. The molecular formula is C21H31N3O4. The Balaban J connectivity index is 1.49. The van der Waals surface area contributed by atoms with Gasteiger partial charge in [-0.2, -0.15) is 0 Å². The maximum Gasteiger partial charge on any atom is 0.254 e. The second kappa shape index (κ2) is 9.78. The van der Waals surface area contributed by atoms with E-state index in [4.69, 9.17) is 9.47 Å². The van der Waals surface area contributed by atoms with Gasteiger partial charge in [-0.3, -0.25) is 9.59 Å². The fourth-order valence-corrected chi connectivity index (χ4v) is 3.97. The minimum atomic E-state index is -0.0391. The van der Waals surface area contributed by atoms with Gasteiger partial charge in [0, 0.05) is 38.2 Å². The largest absolute Gasteiger partial charge is 0.493 e. The van der Waals surface area contributed by atoms with E-state index in [1.165, 1.54) is 12.8 Å². The Morgan fingerprint density at radius 2 is 1.64 bits per heavy atom. The van der Waals surface area contributed by atoms with Gasteiger partial charge in [0.15, 0.2) is 11.5 Å². The number of piperidine rings is 1. The molecule has 2 aliphatic rings.